The molecule has 0 spiro atoms. The molecular weight excluding hydrogens is 352 g/mol. The molecule has 110 valence electrons. The second kappa shape index (κ2) is 6.87. The van der Waals surface area contributed by atoms with Crippen LogP contribution >= 0.6 is 15.9 Å². The molecule has 0 aliphatic rings. The van der Waals surface area contributed by atoms with Gasteiger partial charge < -0.3 is 0 Å². The molecule has 4 nitrogen and oxygen atoms in total. The highest BCUT2D eigenvalue weighted by Crippen LogP contribution is 2.14. The third-order valence-electron chi connectivity index (χ3n) is 2.78. The minimum atomic E-state index is -3.62. The maximum absolute atomic E-state index is 12.1. The van der Waals surface area contributed by atoms with Crippen LogP contribution in [0.15, 0.2) is 69.1 Å². The van der Waals surface area contributed by atoms with Gasteiger partial charge in [0, 0.05) is 16.6 Å². The number of sulfonamides is 1. The lowest BCUT2D eigenvalue weighted by atomic mass is 10.1. The summed E-state index contributed by atoms with van der Waals surface area (Å²) in [6, 6.07) is 16.2. The SMILES string of the molecule is C/C(Cc1ccccc1)=N\NS(=O)(=O)c1ccc(Br)cc1. The van der Waals surface area contributed by atoms with Crippen molar-refractivity contribution in [3.05, 3.63) is 64.6 Å². The Bertz CT molecular complexity index is 726. The Morgan fingerprint density at radius 3 is 2.33 bits per heavy atom. The van der Waals surface area contributed by atoms with Crippen LogP contribution in [0.1, 0.15) is 12.5 Å². The van der Waals surface area contributed by atoms with Crippen LogP contribution in [0, 0.1) is 0 Å². The average molecular weight is 367 g/mol. The van der Waals surface area contributed by atoms with Crippen molar-refractivity contribution >= 4 is 31.7 Å². The molecular formula is C15H15BrN2O2S. The minimum Gasteiger partial charge on any atom is -0.200 e. The smallest absolute Gasteiger partial charge is 0.200 e. The normalized spacial score (nSPS) is 12.2. The van der Waals surface area contributed by atoms with Gasteiger partial charge in [0.05, 0.1) is 4.90 Å². The van der Waals surface area contributed by atoms with Crippen LogP contribution in [0.25, 0.3) is 0 Å². The van der Waals surface area contributed by atoms with E-state index in [9.17, 15) is 8.42 Å². The fraction of sp³-hybridized carbons (Fsp3) is 0.133. The highest BCUT2D eigenvalue weighted by Gasteiger charge is 2.12. The number of hydrogen-bond acceptors (Lipinski definition) is 3. The topological polar surface area (TPSA) is 58.5 Å². The number of nitrogens with one attached hydrogen (secondary N) is 1. The van der Waals surface area contributed by atoms with Gasteiger partial charge in [-0.2, -0.15) is 13.5 Å². The summed E-state index contributed by atoms with van der Waals surface area (Å²) >= 11 is 3.27. The molecule has 6 heteroatoms. The Balaban J connectivity index is 2.06. The van der Waals surface area contributed by atoms with Crippen molar-refractivity contribution in [3.8, 4) is 0 Å². The molecule has 1 N–H and O–H groups in total. The van der Waals surface area contributed by atoms with E-state index in [0.717, 1.165) is 10.0 Å². The van der Waals surface area contributed by atoms with Crippen molar-refractivity contribution in [2.24, 2.45) is 5.10 Å². The van der Waals surface area contributed by atoms with E-state index >= 15 is 0 Å². The second-order valence-electron chi connectivity index (χ2n) is 4.56. The number of nitrogens with zero attached hydrogens (tertiary/aromatic N) is 1. The van der Waals surface area contributed by atoms with E-state index in [1.165, 1.54) is 12.1 Å². The fourth-order valence-electron chi connectivity index (χ4n) is 1.74. The van der Waals surface area contributed by atoms with E-state index in [4.69, 9.17) is 0 Å². The van der Waals surface area contributed by atoms with E-state index in [0.29, 0.717) is 12.1 Å². The molecule has 2 aromatic rings. The Morgan fingerprint density at radius 1 is 1.10 bits per heavy atom. The highest BCUT2D eigenvalue weighted by atomic mass is 79.9. The number of hydrazone groups is 1. The van der Waals surface area contributed by atoms with Crippen molar-refractivity contribution < 1.29 is 8.42 Å². The zero-order chi connectivity index (χ0) is 15.3. The van der Waals surface area contributed by atoms with Gasteiger partial charge in [-0.3, -0.25) is 0 Å². The number of rotatable bonds is 5. The van der Waals surface area contributed by atoms with Crippen molar-refractivity contribution in [2.75, 3.05) is 0 Å². The summed E-state index contributed by atoms with van der Waals surface area (Å²) < 4.78 is 25.0. The monoisotopic (exact) mass is 366 g/mol. The average Bonchev–Trinajstić information content (AvgIpc) is 2.47. The summed E-state index contributed by atoms with van der Waals surface area (Å²) in [4.78, 5) is 2.44. The first-order valence-corrected chi connectivity index (χ1v) is 8.59. The molecule has 0 heterocycles. The zero-order valence-corrected chi connectivity index (χ0v) is 13.9. The lowest BCUT2D eigenvalue weighted by molar-refractivity contribution is 0.584. The zero-order valence-electron chi connectivity index (χ0n) is 11.5. The maximum Gasteiger partial charge on any atom is 0.276 e. The van der Waals surface area contributed by atoms with E-state index in [1.54, 1.807) is 19.1 Å². The molecule has 0 radical (unpaired) electrons. The molecule has 0 saturated heterocycles. The first-order valence-electron chi connectivity index (χ1n) is 6.32. The van der Waals surface area contributed by atoms with Crippen LogP contribution in [-0.2, 0) is 16.4 Å². The first-order chi connectivity index (χ1) is 9.97. The summed E-state index contributed by atoms with van der Waals surface area (Å²) in [5.41, 5.74) is 1.78. The number of hydrogen-bond donors (Lipinski definition) is 1. The predicted molar refractivity (Wildman–Crippen MR) is 87.7 cm³/mol. The summed E-state index contributed by atoms with van der Waals surface area (Å²) in [7, 11) is -3.62. The molecule has 2 rings (SSSR count). The van der Waals surface area contributed by atoms with Crippen molar-refractivity contribution in [3.63, 3.8) is 0 Å². The van der Waals surface area contributed by atoms with Gasteiger partial charge in [-0.1, -0.05) is 46.3 Å². The first kappa shape index (κ1) is 15.7. The van der Waals surface area contributed by atoms with Crippen molar-refractivity contribution in [1.82, 2.24) is 4.83 Å². The van der Waals surface area contributed by atoms with Crippen LogP contribution in [-0.4, -0.2) is 14.1 Å². The van der Waals surface area contributed by atoms with Gasteiger partial charge in [0.2, 0.25) is 0 Å². The van der Waals surface area contributed by atoms with Crippen LogP contribution in [0.3, 0.4) is 0 Å². The molecule has 0 atom stereocenters. The van der Waals surface area contributed by atoms with Gasteiger partial charge >= 0.3 is 0 Å². The molecule has 0 unspecified atom stereocenters. The summed E-state index contributed by atoms with van der Waals surface area (Å²) in [6.07, 6.45) is 0.601. The molecule has 2 aromatic carbocycles. The maximum atomic E-state index is 12.1. The Hall–Kier alpha value is -1.66. The fourth-order valence-corrected chi connectivity index (χ4v) is 2.88. The van der Waals surface area contributed by atoms with E-state index in [-0.39, 0.29) is 4.90 Å². The molecule has 0 aliphatic carbocycles. The van der Waals surface area contributed by atoms with Gasteiger partial charge in [-0.15, -0.1) is 0 Å². The third-order valence-corrected chi connectivity index (χ3v) is 4.54. The second-order valence-corrected chi connectivity index (χ2v) is 7.13. The van der Waals surface area contributed by atoms with Gasteiger partial charge in [0.1, 0.15) is 0 Å². The Kier molecular flexibility index (Phi) is 5.14. The van der Waals surface area contributed by atoms with Crippen molar-refractivity contribution in [2.45, 2.75) is 18.2 Å². The summed E-state index contributed by atoms with van der Waals surface area (Å²) in [5, 5.41) is 3.96. The number of halogens is 1. The van der Waals surface area contributed by atoms with Crippen LogP contribution in [0.5, 0.6) is 0 Å². The van der Waals surface area contributed by atoms with E-state index in [2.05, 4.69) is 25.9 Å². The van der Waals surface area contributed by atoms with E-state index in [1.807, 2.05) is 30.3 Å². The van der Waals surface area contributed by atoms with Gasteiger partial charge in [-0.25, -0.2) is 4.83 Å². The molecule has 0 fully saturated rings. The standard InChI is InChI=1S/C15H15BrN2O2S/c1-12(11-13-5-3-2-4-6-13)17-18-21(19,20)15-9-7-14(16)8-10-15/h2-10,18H,11H2,1H3/b17-12+. The number of benzene rings is 2. The molecule has 0 aromatic heterocycles. The van der Waals surface area contributed by atoms with Crippen LogP contribution < -0.4 is 4.83 Å². The van der Waals surface area contributed by atoms with Gasteiger partial charge in [0.15, 0.2) is 0 Å². The Labute approximate surface area is 133 Å². The van der Waals surface area contributed by atoms with E-state index < -0.39 is 10.0 Å². The molecule has 0 amide bonds. The van der Waals surface area contributed by atoms with Gasteiger partial charge in [0.25, 0.3) is 10.0 Å². The quantitative estimate of drug-likeness (QED) is 0.651. The Morgan fingerprint density at radius 2 is 1.71 bits per heavy atom. The summed E-state index contributed by atoms with van der Waals surface area (Å²) in [6.45, 7) is 1.79. The molecule has 0 saturated carbocycles. The highest BCUT2D eigenvalue weighted by molar-refractivity contribution is 9.10. The minimum absolute atomic E-state index is 0.182. The molecule has 0 aliphatic heterocycles. The van der Waals surface area contributed by atoms with Crippen molar-refractivity contribution in [1.29, 1.82) is 0 Å². The summed E-state index contributed by atoms with van der Waals surface area (Å²) in [5.74, 6) is 0. The third kappa shape index (κ3) is 4.68. The molecule has 0 bridgehead atoms. The lowest BCUT2D eigenvalue weighted by Gasteiger charge is -2.05. The largest absolute Gasteiger partial charge is 0.276 e. The van der Waals surface area contributed by atoms with Crippen LogP contribution in [0.2, 0.25) is 0 Å². The molecule has 21 heavy (non-hydrogen) atoms. The van der Waals surface area contributed by atoms with Gasteiger partial charge in [-0.05, 0) is 36.8 Å². The lowest BCUT2D eigenvalue weighted by Crippen LogP contribution is -2.20. The predicted octanol–water partition coefficient (Wildman–Crippen LogP) is 3.35. The van der Waals surface area contributed by atoms with Crippen LogP contribution in [0.4, 0.5) is 0 Å².